The number of rotatable bonds is 4. The molecule has 1 saturated heterocycles. The Kier molecular flexibility index (Phi) is 4.90. The summed E-state index contributed by atoms with van der Waals surface area (Å²) in [5.41, 5.74) is 5.76. The lowest BCUT2D eigenvalue weighted by molar-refractivity contribution is 0.0616. The lowest BCUT2D eigenvalue weighted by atomic mass is 10.1. The van der Waals surface area contributed by atoms with Crippen molar-refractivity contribution in [1.82, 2.24) is 9.80 Å². The highest BCUT2D eigenvalue weighted by atomic mass is 32.1. The molecule has 0 saturated carbocycles. The fourth-order valence-electron chi connectivity index (χ4n) is 2.43. The van der Waals surface area contributed by atoms with Crippen molar-refractivity contribution in [2.45, 2.75) is 19.4 Å². The van der Waals surface area contributed by atoms with Gasteiger partial charge in [-0.2, -0.15) is 0 Å². The Morgan fingerprint density at radius 2 is 2.16 bits per heavy atom. The summed E-state index contributed by atoms with van der Waals surface area (Å²) >= 11 is 6.60. The van der Waals surface area contributed by atoms with E-state index in [4.69, 9.17) is 18.0 Å². The predicted molar refractivity (Wildman–Crippen MR) is 82.7 cm³/mol. The van der Waals surface area contributed by atoms with Crippen LogP contribution in [0.15, 0.2) is 17.5 Å². The molecule has 0 aromatic carbocycles. The first-order valence-electron chi connectivity index (χ1n) is 6.49. The molecular formula is C13H19N3OS2. The maximum absolute atomic E-state index is 12.2. The maximum Gasteiger partial charge on any atom is 0.264 e. The molecule has 0 bridgehead atoms. The summed E-state index contributed by atoms with van der Waals surface area (Å²) in [6, 6.07) is 3.95. The molecule has 1 aliphatic heterocycles. The standard InChI is InChI=1S/C13H19N3OS2/c1-2-10(12(14)18)15-5-7-16(8-6-15)13(17)11-4-3-9-19-11/h3-4,9-10H,2,5-8H2,1H3,(H2,14,18). The van der Waals surface area contributed by atoms with Crippen LogP contribution in [-0.2, 0) is 0 Å². The summed E-state index contributed by atoms with van der Waals surface area (Å²) < 4.78 is 0. The van der Waals surface area contributed by atoms with Crippen LogP contribution in [-0.4, -0.2) is 52.9 Å². The van der Waals surface area contributed by atoms with Crippen LogP contribution in [0.1, 0.15) is 23.0 Å². The van der Waals surface area contributed by atoms with Gasteiger partial charge in [0.1, 0.15) is 0 Å². The number of piperazine rings is 1. The van der Waals surface area contributed by atoms with Gasteiger partial charge in [0.05, 0.1) is 15.9 Å². The maximum atomic E-state index is 12.2. The fraction of sp³-hybridized carbons (Fsp3) is 0.538. The highest BCUT2D eigenvalue weighted by Crippen LogP contribution is 2.15. The highest BCUT2D eigenvalue weighted by molar-refractivity contribution is 7.80. The third-order valence-electron chi connectivity index (χ3n) is 3.49. The minimum atomic E-state index is 0.137. The molecule has 6 heteroatoms. The molecule has 1 aromatic heterocycles. The van der Waals surface area contributed by atoms with Crippen LogP contribution in [0.2, 0.25) is 0 Å². The number of nitrogens with two attached hydrogens (primary N) is 1. The summed E-state index contributed by atoms with van der Waals surface area (Å²) in [6.07, 6.45) is 0.925. The average molecular weight is 297 g/mol. The molecule has 2 heterocycles. The van der Waals surface area contributed by atoms with Crippen molar-refractivity contribution in [1.29, 1.82) is 0 Å². The summed E-state index contributed by atoms with van der Waals surface area (Å²) in [4.78, 5) is 17.8. The number of hydrogen-bond acceptors (Lipinski definition) is 4. The molecule has 1 amide bonds. The molecule has 2 N–H and O–H groups in total. The monoisotopic (exact) mass is 297 g/mol. The summed E-state index contributed by atoms with van der Waals surface area (Å²) in [5, 5.41) is 1.93. The summed E-state index contributed by atoms with van der Waals surface area (Å²) in [7, 11) is 0. The normalized spacial score (nSPS) is 18.3. The summed E-state index contributed by atoms with van der Waals surface area (Å²) in [6.45, 7) is 5.26. The number of thiocarbonyl (C=S) groups is 1. The van der Waals surface area contributed by atoms with Gasteiger partial charge in [0.25, 0.3) is 5.91 Å². The van der Waals surface area contributed by atoms with E-state index in [0.29, 0.717) is 4.99 Å². The van der Waals surface area contributed by atoms with Crippen LogP contribution in [0.25, 0.3) is 0 Å². The van der Waals surface area contributed by atoms with Crippen molar-refractivity contribution < 1.29 is 4.79 Å². The Labute approximate surface area is 123 Å². The average Bonchev–Trinajstić information content (AvgIpc) is 2.93. The molecule has 1 unspecified atom stereocenters. The smallest absolute Gasteiger partial charge is 0.264 e. The third-order valence-corrected chi connectivity index (χ3v) is 4.62. The van der Waals surface area contributed by atoms with E-state index in [2.05, 4.69) is 11.8 Å². The fourth-order valence-corrected chi connectivity index (χ4v) is 3.44. The summed E-state index contributed by atoms with van der Waals surface area (Å²) in [5.74, 6) is 0.137. The number of hydrogen-bond donors (Lipinski definition) is 1. The van der Waals surface area contributed by atoms with E-state index in [1.165, 1.54) is 11.3 Å². The molecular weight excluding hydrogens is 278 g/mol. The van der Waals surface area contributed by atoms with Crippen LogP contribution in [0.5, 0.6) is 0 Å². The van der Waals surface area contributed by atoms with E-state index in [1.54, 1.807) is 0 Å². The second kappa shape index (κ2) is 6.45. The molecule has 1 aliphatic rings. The van der Waals surface area contributed by atoms with Gasteiger partial charge in [-0.1, -0.05) is 25.2 Å². The Morgan fingerprint density at radius 3 is 2.63 bits per heavy atom. The molecule has 1 atom stereocenters. The van der Waals surface area contributed by atoms with Gasteiger partial charge in [-0.15, -0.1) is 11.3 Å². The van der Waals surface area contributed by atoms with Crippen molar-refractivity contribution in [3.05, 3.63) is 22.4 Å². The van der Waals surface area contributed by atoms with E-state index in [1.807, 2.05) is 22.4 Å². The zero-order valence-corrected chi connectivity index (χ0v) is 12.7. The Bertz CT molecular complexity index is 439. The topological polar surface area (TPSA) is 49.6 Å². The van der Waals surface area contributed by atoms with Gasteiger partial charge in [-0.25, -0.2) is 0 Å². The minimum Gasteiger partial charge on any atom is -0.392 e. The van der Waals surface area contributed by atoms with Gasteiger partial charge in [-0.3, -0.25) is 9.69 Å². The molecule has 0 radical (unpaired) electrons. The molecule has 1 aromatic rings. The molecule has 4 nitrogen and oxygen atoms in total. The molecule has 0 aliphatic carbocycles. The van der Waals surface area contributed by atoms with Gasteiger partial charge in [0.15, 0.2) is 0 Å². The molecule has 0 spiro atoms. The number of carbonyl (C=O) groups excluding carboxylic acids is 1. The second-order valence-electron chi connectivity index (χ2n) is 4.63. The highest BCUT2D eigenvalue weighted by Gasteiger charge is 2.27. The molecule has 1 fully saturated rings. The first kappa shape index (κ1) is 14.4. The van der Waals surface area contributed by atoms with E-state index >= 15 is 0 Å². The van der Waals surface area contributed by atoms with E-state index in [0.717, 1.165) is 37.5 Å². The van der Waals surface area contributed by atoms with Gasteiger partial charge in [-0.05, 0) is 17.9 Å². The van der Waals surface area contributed by atoms with E-state index in [9.17, 15) is 4.79 Å². The third kappa shape index (κ3) is 3.32. The molecule has 19 heavy (non-hydrogen) atoms. The van der Waals surface area contributed by atoms with Crippen molar-refractivity contribution in [2.24, 2.45) is 5.73 Å². The van der Waals surface area contributed by atoms with Crippen molar-refractivity contribution in [3.8, 4) is 0 Å². The SMILES string of the molecule is CCC(C(N)=S)N1CCN(C(=O)c2cccs2)CC1. The van der Waals surface area contributed by atoms with Crippen LogP contribution in [0.3, 0.4) is 0 Å². The zero-order valence-electron chi connectivity index (χ0n) is 11.0. The minimum absolute atomic E-state index is 0.137. The molecule has 2 rings (SSSR count). The number of carbonyl (C=O) groups is 1. The first-order chi connectivity index (χ1) is 9.13. The van der Waals surface area contributed by atoms with E-state index < -0.39 is 0 Å². The van der Waals surface area contributed by atoms with Gasteiger partial charge >= 0.3 is 0 Å². The van der Waals surface area contributed by atoms with Crippen molar-refractivity contribution in [3.63, 3.8) is 0 Å². The van der Waals surface area contributed by atoms with Crippen LogP contribution < -0.4 is 5.73 Å². The van der Waals surface area contributed by atoms with Gasteiger partial charge in [0, 0.05) is 26.2 Å². The van der Waals surface area contributed by atoms with Crippen molar-refractivity contribution >= 4 is 34.5 Å². The Hall–Kier alpha value is -0.980. The number of nitrogens with zero attached hydrogens (tertiary/aromatic N) is 2. The van der Waals surface area contributed by atoms with Crippen LogP contribution in [0.4, 0.5) is 0 Å². The van der Waals surface area contributed by atoms with E-state index in [-0.39, 0.29) is 11.9 Å². The van der Waals surface area contributed by atoms with Crippen LogP contribution in [0, 0.1) is 0 Å². The Morgan fingerprint density at radius 1 is 1.47 bits per heavy atom. The molecule has 104 valence electrons. The lowest BCUT2D eigenvalue weighted by Gasteiger charge is -2.38. The predicted octanol–water partition coefficient (Wildman–Crippen LogP) is 1.57. The first-order valence-corrected chi connectivity index (χ1v) is 7.78. The lowest BCUT2D eigenvalue weighted by Crippen LogP contribution is -2.54. The zero-order chi connectivity index (χ0) is 13.8. The quantitative estimate of drug-likeness (QED) is 0.857. The largest absolute Gasteiger partial charge is 0.392 e. The second-order valence-corrected chi connectivity index (χ2v) is 6.05. The van der Waals surface area contributed by atoms with Gasteiger partial charge in [0.2, 0.25) is 0 Å². The number of thiophene rings is 1. The van der Waals surface area contributed by atoms with Crippen molar-refractivity contribution in [2.75, 3.05) is 26.2 Å². The van der Waals surface area contributed by atoms with Crippen LogP contribution >= 0.6 is 23.6 Å². The van der Waals surface area contributed by atoms with Gasteiger partial charge < -0.3 is 10.6 Å². The Balaban J connectivity index is 1.92. The number of amides is 1.